The van der Waals surface area contributed by atoms with Gasteiger partial charge in [0.2, 0.25) is 15.8 Å². The highest BCUT2D eigenvalue weighted by atomic mass is 35.5. The largest absolute Gasteiger partial charge is 0.460 e. The first-order valence-corrected chi connectivity index (χ1v) is 9.84. The number of nitrogens with one attached hydrogen (secondary N) is 2. The number of halogens is 1. The molecule has 0 aliphatic carbocycles. The Morgan fingerprint density at radius 2 is 2.04 bits per heavy atom. The average molecular weight is 403 g/mol. The highest BCUT2D eigenvalue weighted by molar-refractivity contribution is 7.89. The summed E-state index contributed by atoms with van der Waals surface area (Å²) in [5.74, 6) is -0.439. The number of carbonyl (C=O) groups excluding carboxylic acids is 1. The van der Waals surface area contributed by atoms with Crippen molar-refractivity contribution in [3.05, 3.63) is 29.5 Å². The lowest BCUT2D eigenvalue weighted by atomic mass is 10.1. The highest BCUT2D eigenvalue weighted by Crippen LogP contribution is 2.28. The fourth-order valence-electron chi connectivity index (χ4n) is 2.99. The van der Waals surface area contributed by atoms with Crippen LogP contribution in [-0.2, 0) is 14.8 Å². The summed E-state index contributed by atoms with van der Waals surface area (Å²) in [6, 6.07) is 4.54. The van der Waals surface area contributed by atoms with Crippen molar-refractivity contribution in [1.29, 1.82) is 0 Å². The van der Waals surface area contributed by atoms with Gasteiger partial charge in [0.1, 0.15) is 5.58 Å². The van der Waals surface area contributed by atoms with Crippen LogP contribution in [0, 0.1) is 6.92 Å². The molecule has 0 unspecified atom stereocenters. The van der Waals surface area contributed by atoms with Crippen molar-refractivity contribution >= 4 is 39.4 Å². The van der Waals surface area contributed by atoms with Gasteiger partial charge in [-0.2, -0.15) is 0 Å². The van der Waals surface area contributed by atoms with Gasteiger partial charge < -0.3 is 14.5 Å². The maximum Gasteiger partial charge on any atom is 0.374 e. The molecule has 7 nitrogen and oxygen atoms in total. The number of aryl methyl sites for hydroxylation is 1. The van der Waals surface area contributed by atoms with Crippen LogP contribution in [0.3, 0.4) is 0 Å². The van der Waals surface area contributed by atoms with E-state index in [1.54, 1.807) is 26.0 Å². The Bertz CT molecular complexity index is 888. The normalized spacial score (nSPS) is 15.6. The summed E-state index contributed by atoms with van der Waals surface area (Å²) in [4.78, 5) is 12.1. The molecule has 0 atom stereocenters. The van der Waals surface area contributed by atoms with E-state index in [4.69, 9.17) is 9.15 Å². The topological polar surface area (TPSA) is 97.6 Å². The zero-order valence-corrected chi connectivity index (χ0v) is 16.3. The predicted octanol–water partition coefficient (Wildman–Crippen LogP) is 2.37. The third-order valence-corrected chi connectivity index (χ3v) is 5.86. The molecule has 1 aliphatic rings. The highest BCUT2D eigenvalue weighted by Gasteiger charge is 2.24. The zero-order chi connectivity index (χ0) is 18.0. The molecular formula is C17H23ClN2O5S. The molecule has 9 heteroatoms. The molecule has 144 valence electrons. The number of ether oxygens (including phenoxy) is 1. The van der Waals surface area contributed by atoms with Gasteiger partial charge in [-0.15, -0.1) is 12.4 Å². The molecule has 0 spiro atoms. The van der Waals surface area contributed by atoms with E-state index in [9.17, 15) is 13.2 Å². The van der Waals surface area contributed by atoms with E-state index in [1.807, 2.05) is 0 Å². The van der Waals surface area contributed by atoms with Crippen molar-refractivity contribution in [1.82, 2.24) is 10.0 Å². The molecule has 0 amide bonds. The molecule has 0 saturated carbocycles. The van der Waals surface area contributed by atoms with Gasteiger partial charge in [-0.25, -0.2) is 17.9 Å². The first-order valence-electron chi connectivity index (χ1n) is 8.35. The van der Waals surface area contributed by atoms with Crippen LogP contribution in [0.15, 0.2) is 27.5 Å². The van der Waals surface area contributed by atoms with Crippen LogP contribution < -0.4 is 10.0 Å². The molecule has 0 radical (unpaired) electrons. The van der Waals surface area contributed by atoms with Crippen LogP contribution in [0.1, 0.15) is 35.9 Å². The third kappa shape index (κ3) is 4.20. The standard InChI is InChI=1S/C17H22N2O5S.ClH/c1-3-23-17(20)16-11(2)14-10-13(4-5-15(14)24-16)25(21,22)19-12-6-8-18-9-7-12;/h4-5,10,12,18-19H,3,6-9H2,1-2H3;1H. The number of hydrogen-bond acceptors (Lipinski definition) is 6. The van der Waals surface area contributed by atoms with Crippen LogP contribution in [0.2, 0.25) is 0 Å². The quantitative estimate of drug-likeness (QED) is 0.745. The number of esters is 1. The SMILES string of the molecule is CCOC(=O)c1oc2ccc(S(=O)(=O)NC3CCNCC3)cc2c1C.Cl. The van der Waals surface area contributed by atoms with E-state index in [0.29, 0.717) is 16.5 Å². The molecule has 1 aromatic carbocycles. The monoisotopic (exact) mass is 402 g/mol. The molecule has 1 fully saturated rings. The summed E-state index contributed by atoms with van der Waals surface area (Å²) in [7, 11) is -3.62. The first-order chi connectivity index (χ1) is 11.9. The second kappa shape index (κ2) is 8.39. The lowest BCUT2D eigenvalue weighted by molar-refractivity contribution is 0.0491. The lowest BCUT2D eigenvalue weighted by Crippen LogP contribution is -2.42. The van der Waals surface area contributed by atoms with E-state index >= 15 is 0 Å². The Morgan fingerprint density at radius 3 is 2.69 bits per heavy atom. The van der Waals surface area contributed by atoms with Crippen LogP contribution in [0.25, 0.3) is 11.0 Å². The van der Waals surface area contributed by atoms with Gasteiger partial charge in [0, 0.05) is 17.0 Å². The Balaban J connectivity index is 0.00000243. The molecule has 2 aromatic rings. The Labute approximate surface area is 158 Å². The molecule has 2 N–H and O–H groups in total. The first kappa shape index (κ1) is 20.7. The van der Waals surface area contributed by atoms with Crippen molar-refractivity contribution in [2.75, 3.05) is 19.7 Å². The molecule has 3 rings (SSSR count). The van der Waals surface area contributed by atoms with Crippen molar-refractivity contribution in [2.45, 2.75) is 37.6 Å². The second-order valence-corrected chi connectivity index (χ2v) is 7.79. The molecule has 26 heavy (non-hydrogen) atoms. The zero-order valence-electron chi connectivity index (χ0n) is 14.7. The maximum atomic E-state index is 12.6. The number of sulfonamides is 1. The number of furan rings is 1. The minimum Gasteiger partial charge on any atom is -0.460 e. The summed E-state index contributed by atoms with van der Waals surface area (Å²) < 4.78 is 38.5. The molecule has 0 bridgehead atoms. The third-order valence-electron chi connectivity index (χ3n) is 4.34. The van der Waals surface area contributed by atoms with Gasteiger partial charge in [0.05, 0.1) is 11.5 Å². The number of fused-ring (bicyclic) bond motifs is 1. The van der Waals surface area contributed by atoms with E-state index in [-0.39, 0.29) is 35.7 Å². The van der Waals surface area contributed by atoms with Gasteiger partial charge in [-0.1, -0.05) is 0 Å². The van der Waals surface area contributed by atoms with E-state index in [1.165, 1.54) is 6.07 Å². The number of carbonyl (C=O) groups is 1. The molecule has 1 aromatic heterocycles. The summed E-state index contributed by atoms with van der Waals surface area (Å²) in [6.45, 7) is 5.28. The Kier molecular flexibility index (Phi) is 6.68. The molecule has 2 heterocycles. The van der Waals surface area contributed by atoms with Gasteiger partial charge in [0.25, 0.3) is 0 Å². The average Bonchev–Trinajstić information content (AvgIpc) is 2.92. The van der Waals surface area contributed by atoms with Gasteiger partial charge >= 0.3 is 5.97 Å². The van der Waals surface area contributed by atoms with Gasteiger partial charge in [0.15, 0.2) is 0 Å². The fraction of sp³-hybridized carbons (Fsp3) is 0.471. The predicted molar refractivity (Wildman–Crippen MR) is 100 cm³/mol. The van der Waals surface area contributed by atoms with E-state index in [2.05, 4.69) is 10.0 Å². The number of piperidine rings is 1. The van der Waals surface area contributed by atoms with Crippen molar-refractivity contribution < 1.29 is 22.4 Å². The summed E-state index contributed by atoms with van der Waals surface area (Å²) in [5, 5.41) is 3.80. The second-order valence-electron chi connectivity index (χ2n) is 6.08. The van der Waals surface area contributed by atoms with Gasteiger partial charge in [-0.3, -0.25) is 0 Å². The smallest absolute Gasteiger partial charge is 0.374 e. The van der Waals surface area contributed by atoms with Crippen LogP contribution in [-0.4, -0.2) is 40.1 Å². The summed E-state index contributed by atoms with van der Waals surface area (Å²) in [6.07, 6.45) is 1.53. The summed E-state index contributed by atoms with van der Waals surface area (Å²) >= 11 is 0. The van der Waals surface area contributed by atoms with Crippen LogP contribution in [0.5, 0.6) is 0 Å². The molecule has 1 saturated heterocycles. The Hall–Kier alpha value is -1.61. The minimum atomic E-state index is -3.62. The number of hydrogen-bond donors (Lipinski definition) is 2. The van der Waals surface area contributed by atoms with Gasteiger partial charge in [-0.05, 0) is 58.0 Å². The minimum absolute atomic E-state index is 0. The van der Waals surface area contributed by atoms with Crippen molar-refractivity contribution in [2.24, 2.45) is 0 Å². The number of rotatable bonds is 5. The van der Waals surface area contributed by atoms with Crippen LogP contribution >= 0.6 is 12.4 Å². The lowest BCUT2D eigenvalue weighted by Gasteiger charge is -2.23. The van der Waals surface area contributed by atoms with E-state index < -0.39 is 16.0 Å². The molecule has 1 aliphatic heterocycles. The fourth-order valence-corrected chi connectivity index (χ4v) is 4.32. The summed E-state index contributed by atoms with van der Waals surface area (Å²) in [5.41, 5.74) is 1.04. The van der Waals surface area contributed by atoms with Crippen molar-refractivity contribution in [3.63, 3.8) is 0 Å². The van der Waals surface area contributed by atoms with Crippen molar-refractivity contribution in [3.8, 4) is 0 Å². The number of benzene rings is 1. The Morgan fingerprint density at radius 1 is 1.35 bits per heavy atom. The van der Waals surface area contributed by atoms with E-state index in [0.717, 1.165) is 25.9 Å². The van der Waals surface area contributed by atoms with Crippen LogP contribution in [0.4, 0.5) is 0 Å². The maximum absolute atomic E-state index is 12.6. The molecular weight excluding hydrogens is 380 g/mol.